The van der Waals surface area contributed by atoms with Crippen molar-refractivity contribution < 1.29 is 8.78 Å². The summed E-state index contributed by atoms with van der Waals surface area (Å²) in [5.74, 6) is -2.15. The average Bonchev–Trinajstić information content (AvgIpc) is 2.40. The van der Waals surface area contributed by atoms with Crippen LogP contribution in [0.5, 0.6) is 0 Å². The molecule has 0 N–H and O–H groups in total. The van der Waals surface area contributed by atoms with Gasteiger partial charge in [0.1, 0.15) is 0 Å². The van der Waals surface area contributed by atoms with Crippen molar-refractivity contribution >= 4 is 0 Å². The first-order valence-electron chi connectivity index (χ1n) is 5.45. The molecule has 0 unspecified atom stereocenters. The minimum atomic E-state index is -0.911. The van der Waals surface area contributed by atoms with Crippen LogP contribution in [0, 0.1) is 23.0 Å². The number of hydrogen-bond acceptors (Lipinski definition) is 2. The fourth-order valence-electron chi connectivity index (χ4n) is 1.80. The summed E-state index contributed by atoms with van der Waals surface area (Å²) in [6.07, 6.45) is 1.78. The van der Waals surface area contributed by atoms with Crippen molar-refractivity contribution in [2.24, 2.45) is 0 Å². The van der Waals surface area contributed by atoms with Crippen LogP contribution >= 0.6 is 0 Å². The van der Waals surface area contributed by atoms with E-state index in [1.165, 1.54) is 6.07 Å². The molecule has 1 heterocycles. The summed E-state index contributed by atoms with van der Waals surface area (Å²) in [6, 6.07) is 11.0. The van der Waals surface area contributed by atoms with Gasteiger partial charge in [0.2, 0.25) is 0 Å². The molecule has 0 spiro atoms. The molecule has 2 rings (SSSR count). The Hall–Kier alpha value is -2.28. The lowest BCUT2D eigenvalue weighted by molar-refractivity contribution is 0.506. The van der Waals surface area contributed by atoms with Crippen molar-refractivity contribution in [1.29, 1.82) is 5.26 Å². The number of halogens is 2. The molecule has 1 aromatic carbocycles. The minimum absolute atomic E-state index is 0.169. The van der Waals surface area contributed by atoms with E-state index in [0.29, 0.717) is 11.3 Å². The fraction of sp³-hybridized carbons (Fsp3) is 0.143. The summed E-state index contributed by atoms with van der Waals surface area (Å²) in [5.41, 5.74) is 1.22. The standard InChI is InChI=1S/C14H10F2N2/c15-12-5-4-10(9-13(12)16)11(6-7-17)14-3-1-2-8-18-14/h1-5,8-9,11H,6H2/t11-/m1/s1. The van der Waals surface area contributed by atoms with E-state index in [2.05, 4.69) is 4.98 Å². The molecular weight excluding hydrogens is 234 g/mol. The van der Waals surface area contributed by atoms with Gasteiger partial charge in [-0.1, -0.05) is 12.1 Å². The van der Waals surface area contributed by atoms with Gasteiger partial charge >= 0.3 is 0 Å². The third kappa shape index (κ3) is 2.51. The number of hydrogen-bond donors (Lipinski definition) is 0. The highest BCUT2D eigenvalue weighted by Gasteiger charge is 2.16. The van der Waals surface area contributed by atoms with Crippen LogP contribution in [0.25, 0.3) is 0 Å². The van der Waals surface area contributed by atoms with E-state index in [9.17, 15) is 8.78 Å². The lowest BCUT2D eigenvalue weighted by Gasteiger charge is -2.13. The zero-order valence-electron chi connectivity index (χ0n) is 9.48. The molecule has 90 valence electrons. The zero-order valence-corrected chi connectivity index (χ0v) is 9.48. The van der Waals surface area contributed by atoms with E-state index < -0.39 is 11.6 Å². The van der Waals surface area contributed by atoms with Crippen LogP contribution in [-0.2, 0) is 0 Å². The predicted octanol–water partition coefficient (Wildman–Crippen LogP) is 3.41. The number of pyridine rings is 1. The lowest BCUT2D eigenvalue weighted by atomic mass is 9.92. The van der Waals surface area contributed by atoms with Crippen LogP contribution in [0.4, 0.5) is 8.78 Å². The van der Waals surface area contributed by atoms with Crippen LogP contribution in [0.3, 0.4) is 0 Å². The molecule has 0 aliphatic rings. The molecule has 0 fully saturated rings. The smallest absolute Gasteiger partial charge is 0.159 e. The van der Waals surface area contributed by atoms with Gasteiger partial charge in [0.15, 0.2) is 11.6 Å². The van der Waals surface area contributed by atoms with E-state index in [-0.39, 0.29) is 12.3 Å². The van der Waals surface area contributed by atoms with Gasteiger partial charge < -0.3 is 0 Å². The highest BCUT2D eigenvalue weighted by Crippen LogP contribution is 2.27. The quantitative estimate of drug-likeness (QED) is 0.829. The second-order valence-corrected chi connectivity index (χ2v) is 3.84. The second-order valence-electron chi connectivity index (χ2n) is 3.84. The van der Waals surface area contributed by atoms with E-state index in [0.717, 1.165) is 12.1 Å². The summed E-state index contributed by atoms with van der Waals surface area (Å²) in [5, 5.41) is 8.84. The number of aromatic nitrogens is 1. The van der Waals surface area contributed by atoms with Crippen molar-refractivity contribution in [2.45, 2.75) is 12.3 Å². The van der Waals surface area contributed by atoms with Gasteiger partial charge in [-0.05, 0) is 29.8 Å². The molecule has 0 aliphatic heterocycles. The summed E-state index contributed by atoms with van der Waals surface area (Å²) >= 11 is 0. The van der Waals surface area contributed by atoms with E-state index >= 15 is 0 Å². The predicted molar refractivity (Wildman–Crippen MR) is 62.7 cm³/mol. The Morgan fingerprint density at radius 2 is 2.00 bits per heavy atom. The molecule has 1 atom stereocenters. The Bertz CT molecular complexity index is 576. The number of rotatable bonds is 3. The van der Waals surface area contributed by atoms with Crippen molar-refractivity contribution in [3.8, 4) is 6.07 Å². The number of nitrogens with zero attached hydrogens (tertiary/aromatic N) is 2. The van der Waals surface area contributed by atoms with E-state index in [1.807, 2.05) is 6.07 Å². The molecule has 18 heavy (non-hydrogen) atoms. The maximum atomic E-state index is 13.2. The van der Waals surface area contributed by atoms with Crippen LogP contribution < -0.4 is 0 Å². The Morgan fingerprint density at radius 1 is 1.17 bits per heavy atom. The third-order valence-electron chi connectivity index (χ3n) is 2.69. The molecule has 0 amide bonds. The average molecular weight is 244 g/mol. The van der Waals surface area contributed by atoms with Gasteiger partial charge in [0, 0.05) is 24.2 Å². The van der Waals surface area contributed by atoms with Gasteiger partial charge in [0.25, 0.3) is 0 Å². The molecule has 0 saturated carbocycles. The minimum Gasteiger partial charge on any atom is -0.261 e. The summed E-state index contributed by atoms with van der Waals surface area (Å²) in [6.45, 7) is 0. The van der Waals surface area contributed by atoms with E-state index in [1.54, 1.807) is 24.4 Å². The summed E-state index contributed by atoms with van der Waals surface area (Å²) in [4.78, 5) is 4.16. The first-order valence-corrected chi connectivity index (χ1v) is 5.45. The van der Waals surface area contributed by atoms with Crippen molar-refractivity contribution in [3.63, 3.8) is 0 Å². The molecule has 4 heteroatoms. The zero-order chi connectivity index (χ0) is 13.0. The van der Waals surface area contributed by atoms with Crippen molar-refractivity contribution in [3.05, 3.63) is 65.5 Å². The molecule has 0 aliphatic carbocycles. The highest BCUT2D eigenvalue weighted by molar-refractivity contribution is 5.30. The topological polar surface area (TPSA) is 36.7 Å². The molecule has 0 bridgehead atoms. The maximum Gasteiger partial charge on any atom is 0.159 e. The molecule has 1 aromatic heterocycles. The molecule has 0 radical (unpaired) electrons. The van der Waals surface area contributed by atoms with Crippen molar-refractivity contribution in [1.82, 2.24) is 4.98 Å². The summed E-state index contributed by atoms with van der Waals surface area (Å²) in [7, 11) is 0. The first kappa shape index (κ1) is 12.2. The monoisotopic (exact) mass is 244 g/mol. The van der Waals surface area contributed by atoms with Gasteiger partial charge in [-0.25, -0.2) is 8.78 Å². The fourth-order valence-corrected chi connectivity index (χ4v) is 1.80. The van der Waals surface area contributed by atoms with Gasteiger partial charge in [-0.15, -0.1) is 0 Å². The van der Waals surface area contributed by atoms with E-state index in [4.69, 9.17) is 5.26 Å². The van der Waals surface area contributed by atoms with Crippen LogP contribution in [-0.4, -0.2) is 4.98 Å². The Morgan fingerprint density at radius 3 is 2.61 bits per heavy atom. The van der Waals surface area contributed by atoms with Gasteiger partial charge in [0.05, 0.1) is 6.07 Å². The lowest BCUT2D eigenvalue weighted by Crippen LogP contribution is -2.03. The highest BCUT2D eigenvalue weighted by atomic mass is 19.2. The Kier molecular flexibility index (Phi) is 3.63. The van der Waals surface area contributed by atoms with Crippen LogP contribution in [0.2, 0.25) is 0 Å². The molecular formula is C14H10F2N2. The number of benzene rings is 1. The molecule has 0 saturated heterocycles. The number of nitriles is 1. The Labute approximate surface area is 104 Å². The SMILES string of the molecule is N#CC[C@H](c1ccc(F)c(F)c1)c1ccccn1. The van der Waals surface area contributed by atoms with Crippen LogP contribution in [0.15, 0.2) is 42.6 Å². The normalized spacial score (nSPS) is 11.8. The molecule has 2 aromatic rings. The largest absolute Gasteiger partial charge is 0.261 e. The first-order chi connectivity index (χ1) is 8.72. The Balaban J connectivity index is 2.42. The second kappa shape index (κ2) is 5.37. The van der Waals surface area contributed by atoms with Gasteiger partial charge in [-0.3, -0.25) is 4.98 Å². The summed E-state index contributed by atoms with van der Waals surface area (Å²) < 4.78 is 26.1. The van der Waals surface area contributed by atoms with Crippen molar-refractivity contribution in [2.75, 3.05) is 0 Å². The third-order valence-corrected chi connectivity index (χ3v) is 2.69. The maximum absolute atomic E-state index is 13.2. The van der Waals surface area contributed by atoms with Crippen LogP contribution in [0.1, 0.15) is 23.6 Å². The molecule has 2 nitrogen and oxygen atoms in total. The van der Waals surface area contributed by atoms with Gasteiger partial charge in [-0.2, -0.15) is 5.26 Å².